The number of hydrogen-bond acceptors (Lipinski definition) is 1. The lowest BCUT2D eigenvalue weighted by Crippen LogP contribution is -2.38. The van der Waals surface area contributed by atoms with E-state index in [0.717, 1.165) is 49.3 Å². The van der Waals surface area contributed by atoms with Crippen LogP contribution < -0.4 is 0 Å². The van der Waals surface area contributed by atoms with Crippen LogP contribution in [-0.4, -0.2) is 28.5 Å². The van der Waals surface area contributed by atoms with E-state index in [1.807, 2.05) is 28.7 Å². The highest BCUT2D eigenvalue weighted by atomic mass is 19.1. The van der Waals surface area contributed by atoms with E-state index in [1.54, 1.807) is 12.1 Å². The first-order valence-corrected chi connectivity index (χ1v) is 8.34. The molecule has 1 saturated heterocycles. The molecule has 1 amide bonds. The van der Waals surface area contributed by atoms with Crippen LogP contribution in [0.3, 0.4) is 0 Å². The smallest absolute Gasteiger partial charge is 0.270 e. The summed E-state index contributed by atoms with van der Waals surface area (Å²) in [4.78, 5) is 14.8. The number of aromatic nitrogens is 1. The molecule has 0 radical (unpaired) electrons. The van der Waals surface area contributed by atoms with Crippen molar-refractivity contribution in [1.82, 2.24) is 9.47 Å². The Morgan fingerprint density at radius 3 is 2.43 bits per heavy atom. The molecule has 3 nitrogen and oxygen atoms in total. The third-order valence-electron chi connectivity index (χ3n) is 4.70. The number of amides is 1. The van der Waals surface area contributed by atoms with Gasteiger partial charge in [-0.25, -0.2) is 4.39 Å². The Hall–Kier alpha value is -2.10. The van der Waals surface area contributed by atoms with Gasteiger partial charge in [-0.05, 0) is 49.4 Å². The number of hydrogen-bond donors (Lipinski definition) is 0. The standard InChI is InChI=1S/C19H23FN2O/c1-3-21-13-16(15-4-6-17(20)7-5-15)12-18(21)19(23)22-10-8-14(2)9-11-22/h4-7,12-14H,3,8-11H2,1-2H3. The quantitative estimate of drug-likeness (QED) is 0.834. The van der Waals surface area contributed by atoms with E-state index in [1.165, 1.54) is 12.1 Å². The fourth-order valence-corrected chi connectivity index (χ4v) is 3.13. The average Bonchev–Trinajstić information content (AvgIpc) is 3.00. The van der Waals surface area contributed by atoms with E-state index in [0.29, 0.717) is 5.92 Å². The molecule has 0 unspecified atom stereocenters. The van der Waals surface area contributed by atoms with Crippen molar-refractivity contribution < 1.29 is 9.18 Å². The number of likely N-dealkylation sites (tertiary alicyclic amines) is 1. The molecule has 1 aromatic carbocycles. The first-order valence-electron chi connectivity index (χ1n) is 8.34. The molecule has 23 heavy (non-hydrogen) atoms. The van der Waals surface area contributed by atoms with E-state index in [-0.39, 0.29) is 11.7 Å². The Labute approximate surface area is 136 Å². The van der Waals surface area contributed by atoms with E-state index < -0.39 is 0 Å². The molecule has 0 bridgehead atoms. The van der Waals surface area contributed by atoms with Crippen LogP contribution in [0.5, 0.6) is 0 Å². The third-order valence-corrected chi connectivity index (χ3v) is 4.70. The Morgan fingerprint density at radius 2 is 1.83 bits per heavy atom. The number of piperidine rings is 1. The zero-order valence-corrected chi connectivity index (χ0v) is 13.8. The summed E-state index contributed by atoms with van der Waals surface area (Å²) in [6, 6.07) is 8.33. The van der Waals surface area contributed by atoms with E-state index >= 15 is 0 Å². The second kappa shape index (κ2) is 6.57. The van der Waals surface area contributed by atoms with Crippen molar-refractivity contribution in [2.45, 2.75) is 33.2 Å². The van der Waals surface area contributed by atoms with Crippen LogP contribution in [0.1, 0.15) is 37.2 Å². The lowest BCUT2D eigenvalue weighted by molar-refractivity contribution is 0.0686. The van der Waals surface area contributed by atoms with Crippen LogP contribution in [0.2, 0.25) is 0 Å². The number of nitrogens with zero attached hydrogens (tertiary/aromatic N) is 2. The molecule has 2 heterocycles. The Kier molecular flexibility index (Phi) is 4.51. The molecule has 1 aliphatic heterocycles. The highest BCUT2D eigenvalue weighted by Gasteiger charge is 2.24. The van der Waals surface area contributed by atoms with Crippen molar-refractivity contribution in [2.24, 2.45) is 5.92 Å². The monoisotopic (exact) mass is 314 g/mol. The van der Waals surface area contributed by atoms with Gasteiger partial charge in [0.2, 0.25) is 0 Å². The van der Waals surface area contributed by atoms with Crippen LogP contribution in [0.4, 0.5) is 4.39 Å². The fraction of sp³-hybridized carbons (Fsp3) is 0.421. The summed E-state index contributed by atoms with van der Waals surface area (Å²) in [5, 5.41) is 0. The Morgan fingerprint density at radius 1 is 1.17 bits per heavy atom. The summed E-state index contributed by atoms with van der Waals surface area (Å²) in [6.07, 6.45) is 4.12. The maximum atomic E-state index is 13.1. The number of aryl methyl sites for hydroxylation is 1. The summed E-state index contributed by atoms with van der Waals surface area (Å²) in [6.45, 7) is 6.68. The Balaban J connectivity index is 1.87. The van der Waals surface area contributed by atoms with E-state index in [9.17, 15) is 9.18 Å². The van der Waals surface area contributed by atoms with Crippen molar-refractivity contribution in [3.05, 3.63) is 48.0 Å². The Bertz CT molecular complexity index is 682. The highest BCUT2D eigenvalue weighted by molar-refractivity contribution is 5.94. The van der Waals surface area contributed by atoms with Gasteiger partial charge in [0.25, 0.3) is 5.91 Å². The molecule has 1 aromatic heterocycles. The van der Waals surface area contributed by atoms with Crippen LogP contribution >= 0.6 is 0 Å². The summed E-state index contributed by atoms with van der Waals surface area (Å²) in [7, 11) is 0. The molecular weight excluding hydrogens is 291 g/mol. The average molecular weight is 314 g/mol. The normalized spacial score (nSPS) is 15.9. The minimum Gasteiger partial charge on any atom is -0.343 e. The van der Waals surface area contributed by atoms with Gasteiger partial charge in [0, 0.05) is 31.4 Å². The maximum Gasteiger partial charge on any atom is 0.270 e. The first kappa shape index (κ1) is 15.8. The van der Waals surface area contributed by atoms with Crippen molar-refractivity contribution in [1.29, 1.82) is 0 Å². The minimum absolute atomic E-state index is 0.104. The topological polar surface area (TPSA) is 25.2 Å². The molecular formula is C19H23FN2O. The zero-order chi connectivity index (χ0) is 16.4. The van der Waals surface area contributed by atoms with Gasteiger partial charge in [-0.15, -0.1) is 0 Å². The van der Waals surface area contributed by atoms with E-state index in [4.69, 9.17) is 0 Å². The SMILES string of the molecule is CCn1cc(-c2ccc(F)cc2)cc1C(=O)N1CCC(C)CC1. The number of benzene rings is 1. The van der Waals surface area contributed by atoms with Gasteiger partial charge in [-0.3, -0.25) is 4.79 Å². The minimum atomic E-state index is -0.248. The van der Waals surface area contributed by atoms with Crippen molar-refractivity contribution >= 4 is 5.91 Å². The number of halogens is 1. The van der Waals surface area contributed by atoms with Gasteiger partial charge < -0.3 is 9.47 Å². The molecule has 1 fully saturated rings. The van der Waals surface area contributed by atoms with Crippen molar-refractivity contribution in [2.75, 3.05) is 13.1 Å². The predicted molar refractivity (Wildman–Crippen MR) is 89.8 cm³/mol. The van der Waals surface area contributed by atoms with Crippen LogP contribution in [0, 0.1) is 11.7 Å². The summed E-state index contributed by atoms with van der Waals surface area (Å²) >= 11 is 0. The lowest BCUT2D eigenvalue weighted by Gasteiger charge is -2.30. The van der Waals surface area contributed by atoms with Crippen LogP contribution in [-0.2, 0) is 6.54 Å². The number of carbonyl (C=O) groups is 1. The van der Waals surface area contributed by atoms with E-state index in [2.05, 4.69) is 6.92 Å². The predicted octanol–water partition coefficient (Wildman–Crippen LogP) is 4.19. The third kappa shape index (κ3) is 3.31. The molecule has 1 aliphatic rings. The van der Waals surface area contributed by atoms with Crippen LogP contribution in [0.25, 0.3) is 11.1 Å². The van der Waals surface area contributed by atoms with Gasteiger partial charge in [0.05, 0.1) is 0 Å². The number of rotatable bonds is 3. The molecule has 0 saturated carbocycles. The molecule has 3 rings (SSSR count). The summed E-state index contributed by atoms with van der Waals surface area (Å²) in [5.41, 5.74) is 2.61. The van der Waals surface area contributed by atoms with Gasteiger partial charge in [-0.1, -0.05) is 19.1 Å². The van der Waals surface area contributed by atoms with Gasteiger partial charge in [-0.2, -0.15) is 0 Å². The number of carbonyl (C=O) groups excluding carboxylic acids is 1. The molecule has 0 spiro atoms. The second-order valence-electron chi connectivity index (χ2n) is 6.38. The first-order chi connectivity index (χ1) is 11.1. The maximum absolute atomic E-state index is 13.1. The molecule has 2 aromatic rings. The summed E-state index contributed by atoms with van der Waals surface area (Å²) in [5.74, 6) is 0.557. The van der Waals surface area contributed by atoms with Gasteiger partial charge >= 0.3 is 0 Å². The summed E-state index contributed by atoms with van der Waals surface area (Å²) < 4.78 is 15.1. The molecule has 4 heteroatoms. The van der Waals surface area contributed by atoms with Gasteiger partial charge in [0.1, 0.15) is 11.5 Å². The van der Waals surface area contributed by atoms with Crippen molar-refractivity contribution in [3.63, 3.8) is 0 Å². The highest BCUT2D eigenvalue weighted by Crippen LogP contribution is 2.25. The largest absolute Gasteiger partial charge is 0.343 e. The molecule has 0 aliphatic carbocycles. The van der Waals surface area contributed by atoms with Crippen LogP contribution in [0.15, 0.2) is 36.5 Å². The van der Waals surface area contributed by atoms with Crippen molar-refractivity contribution in [3.8, 4) is 11.1 Å². The lowest BCUT2D eigenvalue weighted by atomic mass is 9.99. The molecule has 0 atom stereocenters. The van der Waals surface area contributed by atoms with Gasteiger partial charge in [0.15, 0.2) is 0 Å². The zero-order valence-electron chi connectivity index (χ0n) is 13.8. The molecule has 0 N–H and O–H groups in total. The fourth-order valence-electron chi connectivity index (χ4n) is 3.13. The molecule has 122 valence electrons. The second-order valence-corrected chi connectivity index (χ2v) is 6.38.